The number of nitrogens with two attached hydrogens (primary N) is 1. The van der Waals surface area contributed by atoms with Crippen LogP contribution in [-0.4, -0.2) is 0 Å². The molecule has 1 aromatic carbocycles. The van der Waals surface area contributed by atoms with E-state index in [1.165, 1.54) is 16.7 Å². The summed E-state index contributed by atoms with van der Waals surface area (Å²) in [4.78, 5) is 0. The van der Waals surface area contributed by atoms with Crippen LogP contribution in [0.4, 0.5) is 5.69 Å². The standard InChI is InChI=1S/C19H33N/c1-10-19(8,9)13-11-14(17(2,3)4)16(20)15(12-13)18(5,6)7/h11-12H,10,20H2,1-9H3. The molecule has 0 bridgehead atoms. The van der Waals surface area contributed by atoms with Gasteiger partial charge in [-0.3, -0.25) is 0 Å². The van der Waals surface area contributed by atoms with Gasteiger partial charge in [-0.2, -0.15) is 0 Å². The number of rotatable bonds is 2. The zero-order valence-corrected chi connectivity index (χ0v) is 14.9. The molecular formula is C19H33N. The van der Waals surface area contributed by atoms with Gasteiger partial charge in [-0.1, -0.05) is 74.4 Å². The molecule has 1 aromatic rings. The summed E-state index contributed by atoms with van der Waals surface area (Å²) >= 11 is 0. The van der Waals surface area contributed by atoms with E-state index in [-0.39, 0.29) is 16.2 Å². The monoisotopic (exact) mass is 275 g/mol. The smallest absolute Gasteiger partial charge is 0.0390 e. The van der Waals surface area contributed by atoms with Gasteiger partial charge < -0.3 is 5.73 Å². The molecule has 0 unspecified atom stereocenters. The summed E-state index contributed by atoms with van der Waals surface area (Å²) in [6.07, 6.45) is 1.13. The Hall–Kier alpha value is -0.980. The molecule has 0 amide bonds. The molecule has 0 aliphatic rings. The highest BCUT2D eigenvalue weighted by molar-refractivity contribution is 5.61. The fourth-order valence-corrected chi connectivity index (χ4v) is 2.49. The van der Waals surface area contributed by atoms with Gasteiger partial charge in [-0.05, 0) is 39.4 Å². The minimum atomic E-state index is 0.0733. The average Bonchev–Trinajstić information content (AvgIpc) is 2.25. The van der Waals surface area contributed by atoms with Gasteiger partial charge in [0, 0.05) is 5.69 Å². The molecule has 20 heavy (non-hydrogen) atoms. The van der Waals surface area contributed by atoms with Crippen molar-refractivity contribution in [3.05, 3.63) is 28.8 Å². The van der Waals surface area contributed by atoms with Gasteiger partial charge in [0.15, 0.2) is 0 Å². The topological polar surface area (TPSA) is 26.0 Å². The third kappa shape index (κ3) is 3.37. The summed E-state index contributed by atoms with van der Waals surface area (Å²) in [6, 6.07) is 4.65. The summed E-state index contributed by atoms with van der Waals surface area (Å²) in [7, 11) is 0. The predicted molar refractivity (Wildman–Crippen MR) is 91.6 cm³/mol. The van der Waals surface area contributed by atoms with E-state index in [0.29, 0.717) is 0 Å². The van der Waals surface area contributed by atoms with Crippen LogP contribution in [0, 0.1) is 0 Å². The van der Waals surface area contributed by atoms with E-state index in [0.717, 1.165) is 12.1 Å². The fraction of sp³-hybridized carbons (Fsp3) is 0.684. The molecule has 1 nitrogen and oxygen atoms in total. The molecule has 0 aromatic heterocycles. The van der Waals surface area contributed by atoms with Crippen molar-refractivity contribution in [1.29, 1.82) is 0 Å². The Morgan fingerprint density at radius 1 is 0.800 bits per heavy atom. The minimum absolute atomic E-state index is 0.0733. The molecule has 114 valence electrons. The van der Waals surface area contributed by atoms with Crippen molar-refractivity contribution in [2.45, 2.75) is 85.0 Å². The maximum atomic E-state index is 6.51. The molecule has 0 aliphatic carbocycles. The Bertz CT molecular complexity index is 446. The molecule has 2 N–H and O–H groups in total. The molecule has 0 fully saturated rings. The summed E-state index contributed by atoms with van der Waals surface area (Å²) < 4.78 is 0. The van der Waals surface area contributed by atoms with Gasteiger partial charge in [0.05, 0.1) is 0 Å². The summed E-state index contributed by atoms with van der Waals surface area (Å²) in [5, 5.41) is 0. The molecule has 0 radical (unpaired) electrons. The van der Waals surface area contributed by atoms with Crippen LogP contribution >= 0.6 is 0 Å². The number of hydrogen-bond donors (Lipinski definition) is 1. The maximum absolute atomic E-state index is 6.51. The van der Waals surface area contributed by atoms with E-state index in [1.54, 1.807) is 0 Å². The highest BCUT2D eigenvalue weighted by Gasteiger charge is 2.28. The minimum Gasteiger partial charge on any atom is -0.398 e. The Balaban J connectivity index is 3.68. The predicted octanol–water partition coefficient (Wildman–Crippen LogP) is 5.55. The largest absolute Gasteiger partial charge is 0.398 e. The van der Waals surface area contributed by atoms with Crippen LogP contribution in [0.5, 0.6) is 0 Å². The third-order valence-corrected chi connectivity index (χ3v) is 4.46. The SMILES string of the molecule is CCC(C)(C)c1cc(C(C)(C)C)c(N)c(C(C)(C)C)c1. The third-order valence-electron chi connectivity index (χ3n) is 4.46. The second kappa shape index (κ2) is 5.09. The fourth-order valence-electron chi connectivity index (χ4n) is 2.49. The van der Waals surface area contributed by atoms with E-state index in [2.05, 4.69) is 74.4 Å². The van der Waals surface area contributed by atoms with Gasteiger partial charge >= 0.3 is 0 Å². The number of hydrogen-bond acceptors (Lipinski definition) is 1. The molecule has 0 saturated carbocycles. The average molecular weight is 275 g/mol. The van der Waals surface area contributed by atoms with Crippen molar-refractivity contribution in [3.8, 4) is 0 Å². The Labute approximate surface area is 126 Å². The van der Waals surface area contributed by atoms with E-state index in [9.17, 15) is 0 Å². The van der Waals surface area contributed by atoms with Crippen LogP contribution in [0.25, 0.3) is 0 Å². The highest BCUT2D eigenvalue weighted by atomic mass is 14.6. The van der Waals surface area contributed by atoms with Gasteiger partial charge in [0.25, 0.3) is 0 Å². The zero-order chi connectivity index (χ0) is 15.9. The number of benzene rings is 1. The van der Waals surface area contributed by atoms with Crippen molar-refractivity contribution >= 4 is 5.69 Å². The summed E-state index contributed by atoms with van der Waals surface area (Å²) in [5.41, 5.74) is 11.8. The van der Waals surface area contributed by atoms with Crippen LogP contribution in [0.2, 0.25) is 0 Å². The van der Waals surface area contributed by atoms with Crippen LogP contribution in [0.3, 0.4) is 0 Å². The Morgan fingerprint density at radius 2 is 1.15 bits per heavy atom. The van der Waals surface area contributed by atoms with Gasteiger partial charge in [-0.25, -0.2) is 0 Å². The van der Waals surface area contributed by atoms with E-state index in [4.69, 9.17) is 5.73 Å². The molecule has 1 rings (SSSR count). The highest BCUT2D eigenvalue weighted by Crippen LogP contribution is 2.40. The second-order valence-corrected chi connectivity index (χ2v) is 8.72. The number of anilines is 1. The zero-order valence-electron chi connectivity index (χ0n) is 14.9. The first-order chi connectivity index (χ1) is 8.80. The first-order valence-corrected chi connectivity index (χ1v) is 7.75. The van der Waals surface area contributed by atoms with Crippen molar-refractivity contribution in [2.24, 2.45) is 0 Å². The van der Waals surface area contributed by atoms with Crippen LogP contribution in [0.15, 0.2) is 12.1 Å². The Morgan fingerprint density at radius 3 is 1.40 bits per heavy atom. The molecule has 0 aliphatic heterocycles. The van der Waals surface area contributed by atoms with Crippen LogP contribution in [-0.2, 0) is 16.2 Å². The maximum Gasteiger partial charge on any atom is 0.0390 e. The summed E-state index contributed by atoms with van der Waals surface area (Å²) in [6.45, 7) is 20.4. The molecule has 0 spiro atoms. The lowest BCUT2D eigenvalue weighted by Crippen LogP contribution is -2.24. The summed E-state index contributed by atoms with van der Waals surface area (Å²) in [5.74, 6) is 0. The van der Waals surface area contributed by atoms with E-state index in [1.807, 2.05) is 0 Å². The molecule has 0 atom stereocenters. The first kappa shape index (κ1) is 17.1. The Kier molecular flexibility index (Phi) is 4.35. The lowest BCUT2D eigenvalue weighted by atomic mass is 9.73. The molecule has 1 heteroatoms. The van der Waals surface area contributed by atoms with Gasteiger partial charge in [0.1, 0.15) is 0 Å². The van der Waals surface area contributed by atoms with Gasteiger partial charge in [-0.15, -0.1) is 0 Å². The molecule has 0 heterocycles. The quantitative estimate of drug-likeness (QED) is 0.703. The van der Waals surface area contributed by atoms with Gasteiger partial charge in [0.2, 0.25) is 0 Å². The lowest BCUT2D eigenvalue weighted by Gasteiger charge is -2.33. The van der Waals surface area contributed by atoms with E-state index < -0.39 is 0 Å². The number of nitrogen functional groups attached to an aromatic ring is 1. The van der Waals surface area contributed by atoms with Crippen LogP contribution in [0.1, 0.15) is 85.4 Å². The van der Waals surface area contributed by atoms with Crippen molar-refractivity contribution in [1.82, 2.24) is 0 Å². The first-order valence-electron chi connectivity index (χ1n) is 7.75. The van der Waals surface area contributed by atoms with Crippen LogP contribution < -0.4 is 5.73 Å². The normalized spacial score (nSPS) is 13.7. The van der Waals surface area contributed by atoms with Crippen molar-refractivity contribution < 1.29 is 0 Å². The van der Waals surface area contributed by atoms with Crippen molar-refractivity contribution in [2.75, 3.05) is 5.73 Å². The molecular weight excluding hydrogens is 242 g/mol. The lowest BCUT2D eigenvalue weighted by molar-refractivity contribution is 0.498. The molecule has 0 saturated heterocycles. The van der Waals surface area contributed by atoms with E-state index >= 15 is 0 Å². The second-order valence-electron chi connectivity index (χ2n) is 8.72. The van der Waals surface area contributed by atoms with Crippen molar-refractivity contribution in [3.63, 3.8) is 0 Å².